The summed E-state index contributed by atoms with van der Waals surface area (Å²) >= 11 is 16.0. The number of fused-ring (bicyclic) bond motifs is 1. The number of benzene rings is 3. The van der Waals surface area contributed by atoms with Crippen LogP contribution in [0.5, 0.6) is 11.5 Å². The largest absolute Gasteiger partial charge is 0.490 e. The Morgan fingerprint density at radius 1 is 1.05 bits per heavy atom. The van der Waals surface area contributed by atoms with E-state index in [9.17, 15) is 4.79 Å². The molecule has 0 radical (unpaired) electrons. The summed E-state index contributed by atoms with van der Waals surface area (Å²) in [7, 11) is 0. The van der Waals surface area contributed by atoms with Crippen LogP contribution in [0.25, 0.3) is 10.9 Å². The molecule has 4 aromatic rings. The molecule has 0 unspecified atom stereocenters. The Kier molecular flexibility index (Phi) is 9.24. The van der Waals surface area contributed by atoms with E-state index in [2.05, 4.69) is 28.0 Å². The maximum absolute atomic E-state index is 13.3. The maximum atomic E-state index is 13.3. The van der Waals surface area contributed by atoms with Gasteiger partial charge in [-0.3, -0.25) is 4.79 Å². The van der Waals surface area contributed by atoms with Crippen LogP contribution in [0.1, 0.15) is 43.6 Å². The smallest absolute Gasteiger partial charge is 0.282 e. The van der Waals surface area contributed by atoms with Crippen LogP contribution in [0.2, 0.25) is 10.0 Å². The number of ether oxygens (including phenoxy) is 2. The lowest BCUT2D eigenvalue weighted by Crippen LogP contribution is -2.22. The summed E-state index contributed by atoms with van der Waals surface area (Å²) in [5, 5.41) is 6.04. The number of halogens is 3. The Bertz CT molecular complexity index is 1490. The van der Waals surface area contributed by atoms with Crippen molar-refractivity contribution in [2.24, 2.45) is 5.10 Å². The van der Waals surface area contributed by atoms with E-state index in [1.807, 2.05) is 43.3 Å². The average Bonchev–Trinajstić information content (AvgIpc) is 2.88. The van der Waals surface area contributed by atoms with E-state index in [1.165, 1.54) is 4.68 Å². The van der Waals surface area contributed by atoms with E-state index in [0.29, 0.717) is 63.5 Å². The zero-order valence-electron chi connectivity index (χ0n) is 20.5. The van der Waals surface area contributed by atoms with Gasteiger partial charge in [0.2, 0.25) is 0 Å². The van der Waals surface area contributed by atoms with Crippen molar-refractivity contribution in [1.82, 2.24) is 9.66 Å². The van der Waals surface area contributed by atoms with E-state index >= 15 is 0 Å². The van der Waals surface area contributed by atoms with Crippen LogP contribution in [-0.2, 0) is 13.0 Å². The standard InChI is InChI=1S/C28H26BrCl2N3O3/c1-3-5-6-26-33-24-12-9-20(29)15-22(24)28(35)34(26)32-16-19-13-23(31)27(25(14-19)36-4-2)37-17-18-7-10-21(30)11-8-18/h7-16H,3-6,17H2,1-2H3. The van der Waals surface area contributed by atoms with Crippen molar-refractivity contribution in [2.45, 2.75) is 39.7 Å². The number of nitrogens with zero attached hydrogens (tertiary/aromatic N) is 3. The van der Waals surface area contributed by atoms with Crippen molar-refractivity contribution < 1.29 is 9.47 Å². The highest BCUT2D eigenvalue weighted by atomic mass is 79.9. The first-order chi connectivity index (χ1) is 17.9. The highest BCUT2D eigenvalue weighted by Crippen LogP contribution is 2.37. The number of aromatic nitrogens is 2. The van der Waals surface area contributed by atoms with Crippen LogP contribution in [0.3, 0.4) is 0 Å². The lowest BCUT2D eigenvalue weighted by molar-refractivity contribution is 0.269. The van der Waals surface area contributed by atoms with Gasteiger partial charge in [-0.15, -0.1) is 0 Å². The van der Waals surface area contributed by atoms with Crippen LogP contribution >= 0.6 is 39.1 Å². The Hall–Kier alpha value is -2.87. The second-order valence-electron chi connectivity index (χ2n) is 8.33. The SMILES string of the molecule is CCCCc1nc2ccc(Br)cc2c(=O)n1N=Cc1cc(Cl)c(OCc2ccc(Cl)cc2)c(OCC)c1. The van der Waals surface area contributed by atoms with Crippen LogP contribution in [-0.4, -0.2) is 22.5 Å². The van der Waals surface area contributed by atoms with Gasteiger partial charge < -0.3 is 9.47 Å². The molecule has 1 heterocycles. The fourth-order valence-electron chi connectivity index (χ4n) is 3.74. The predicted octanol–water partition coefficient (Wildman–Crippen LogP) is 7.67. The van der Waals surface area contributed by atoms with Crippen molar-refractivity contribution in [2.75, 3.05) is 6.61 Å². The molecule has 0 aliphatic rings. The molecule has 192 valence electrons. The van der Waals surface area contributed by atoms with Crippen molar-refractivity contribution in [3.8, 4) is 11.5 Å². The molecular weight excluding hydrogens is 577 g/mol. The van der Waals surface area contributed by atoms with Gasteiger partial charge in [-0.05, 0) is 66.9 Å². The topological polar surface area (TPSA) is 65.7 Å². The van der Waals surface area contributed by atoms with Crippen molar-refractivity contribution in [3.63, 3.8) is 0 Å². The Labute approximate surface area is 234 Å². The third kappa shape index (κ3) is 6.72. The maximum Gasteiger partial charge on any atom is 0.282 e. The molecule has 0 aliphatic carbocycles. The molecule has 3 aromatic carbocycles. The second-order valence-corrected chi connectivity index (χ2v) is 10.1. The molecule has 0 N–H and O–H groups in total. The molecule has 0 saturated carbocycles. The first-order valence-corrected chi connectivity index (χ1v) is 13.5. The number of rotatable bonds is 10. The summed E-state index contributed by atoms with van der Waals surface area (Å²) in [6.45, 7) is 4.71. The molecule has 0 atom stereocenters. The van der Waals surface area contributed by atoms with Gasteiger partial charge in [-0.25, -0.2) is 4.98 Å². The minimum absolute atomic E-state index is 0.229. The Morgan fingerprint density at radius 3 is 2.57 bits per heavy atom. The van der Waals surface area contributed by atoms with Crippen molar-refractivity contribution in [3.05, 3.63) is 96.4 Å². The lowest BCUT2D eigenvalue weighted by atomic mass is 10.2. The van der Waals surface area contributed by atoms with Crippen molar-refractivity contribution >= 4 is 56.2 Å². The third-order valence-corrected chi connectivity index (χ3v) is 6.61. The molecule has 0 amide bonds. The van der Waals surface area contributed by atoms with Crippen LogP contribution in [0, 0.1) is 0 Å². The third-order valence-electron chi connectivity index (χ3n) is 5.58. The minimum atomic E-state index is -0.229. The monoisotopic (exact) mass is 601 g/mol. The summed E-state index contributed by atoms with van der Waals surface area (Å²) in [6, 6.07) is 16.4. The molecule has 0 spiro atoms. The van der Waals surface area contributed by atoms with Gasteiger partial charge in [-0.2, -0.15) is 9.78 Å². The normalized spacial score (nSPS) is 11.4. The first kappa shape index (κ1) is 27.2. The van der Waals surface area contributed by atoms with E-state index < -0.39 is 0 Å². The summed E-state index contributed by atoms with van der Waals surface area (Å²) in [5.41, 5.74) is 2.03. The zero-order chi connectivity index (χ0) is 26.4. The summed E-state index contributed by atoms with van der Waals surface area (Å²) < 4.78 is 14.0. The fourth-order valence-corrected chi connectivity index (χ4v) is 4.50. The highest BCUT2D eigenvalue weighted by molar-refractivity contribution is 9.10. The van der Waals surface area contributed by atoms with E-state index in [-0.39, 0.29) is 5.56 Å². The molecule has 0 bridgehead atoms. The van der Waals surface area contributed by atoms with E-state index in [4.69, 9.17) is 37.7 Å². The van der Waals surface area contributed by atoms with Gasteiger partial charge in [0, 0.05) is 15.9 Å². The van der Waals surface area contributed by atoms with Crippen LogP contribution in [0.15, 0.2) is 69.0 Å². The summed E-state index contributed by atoms with van der Waals surface area (Å²) in [4.78, 5) is 18.0. The lowest BCUT2D eigenvalue weighted by Gasteiger charge is -2.15. The highest BCUT2D eigenvalue weighted by Gasteiger charge is 2.14. The zero-order valence-corrected chi connectivity index (χ0v) is 23.6. The van der Waals surface area contributed by atoms with Crippen LogP contribution in [0.4, 0.5) is 0 Å². The van der Waals surface area contributed by atoms with Gasteiger partial charge in [-0.1, -0.05) is 64.6 Å². The first-order valence-electron chi connectivity index (χ1n) is 12.0. The molecule has 0 fully saturated rings. The van der Waals surface area contributed by atoms with Gasteiger partial charge in [0.1, 0.15) is 12.4 Å². The molecule has 4 rings (SSSR count). The molecule has 6 nitrogen and oxygen atoms in total. The summed E-state index contributed by atoms with van der Waals surface area (Å²) in [6.07, 6.45) is 4.09. The molecule has 9 heteroatoms. The molecule has 37 heavy (non-hydrogen) atoms. The van der Waals surface area contributed by atoms with Crippen LogP contribution < -0.4 is 15.0 Å². The van der Waals surface area contributed by atoms with E-state index in [1.54, 1.807) is 24.4 Å². The van der Waals surface area contributed by atoms with E-state index in [0.717, 1.165) is 22.9 Å². The molecular formula is C28H26BrCl2N3O3. The van der Waals surface area contributed by atoms with Gasteiger partial charge in [0.15, 0.2) is 11.5 Å². The van der Waals surface area contributed by atoms with Crippen molar-refractivity contribution in [1.29, 1.82) is 0 Å². The average molecular weight is 603 g/mol. The fraction of sp³-hybridized carbons (Fsp3) is 0.250. The number of hydrogen-bond acceptors (Lipinski definition) is 5. The second kappa shape index (κ2) is 12.6. The number of unbranched alkanes of at least 4 members (excludes halogenated alkanes) is 1. The van der Waals surface area contributed by atoms with Gasteiger partial charge in [0.05, 0.1) is 28.7 Å². The number of hydrogen-bond donors (Lipinski definition) is 0. The summed E-state index contributed by atoms with van der Waals surface area (Å²) in [5.74, 6) is 1.54. The molecule has 0 aliphatic heterocycles. The quantitative estimate of drug-likeness (QED) is 0.175. The van der Waals surface area contributed by atoms with Gasteiger partial charge >= 0.3 is 0 Å². The number of aryl methyl sites for hydroxylation is 1. The Balaban J connectivity index is 1.68. The Morgan fingerprint density at radius 2 is 1.84 bits per heavy atom. The molecule has 0 saturated heterocycles. The molecule has 1 aromatic heterocycles. The van der Waals surface area contributed by atoms with Gasteiger partial charge in [0.25, 0.3) is 5.56 Å². The predicted molar refractivity (Wildman–Crippen MR) is 154 cm³/mol. The minimum Gasteiger partial charge on any atom is -0.490 e.